The van der Waals surface area contributed by atoms with Crippen molar-refractivity contribution in [3.8, 4) is 11.8 Å². The minimum absolute atomic E-state index is 0.0816. The topological polar surface area (TPSA) is 69.5 Å². The fourth-order valence-electron chi connectivity index (χ4n) is 3.34. The summed E-state index contributed by atoms with van der Waals surface area (Å²) in [5.74, 6) is 1.10. The Labute approximate surface area is 180 Å². The first-order valence-corrected chi connectivity index (χ1v) is 10.9. The smallest absolute Gasteiger partial charge is 0.228 e. The van der Waals surface area contributed by atoms with Gasteiger partial charge >= 0.3 is 0 Å². The van der Waals surface area contributed by atoms with E-state index in [0.717, 1.165) is 29.5 Å². The van der Waals surface area contributed by atoms with Crippen molar-refractivity contribution in [2.75, 3.05) is 26.2 Å². The Kier molecular flexibility index (Phi) is 7.48. The van der Waals surface area contributed by atoms with E-state index < -0.39 is 0 Å². The van der Waals surface area contributed by atoms with E-state index in [-0.39, 0.29) is 17.9 Å². The van der Waals surface area contributed by atoms with E-state index >= 15 is 0 Å². The highest BCUT2D eigenvalue weighted by atomic mass is 35.5. The maximum Gasteiger partial charge on any atom is 0.228 e. The number of piperazine rings is 1. The minimum Gasteiger partial charge on any atom is -0.486 e. The van der Waals surface area contributed by atoms with Crippen molar-refractivity contribution in [2.24, 2.45) is 5.92 Å². The lowest BCUT2D eigenvalue weighted by molar-refractivity contribution is -0.132. The summed E-state index contributed by atoms with van der Waals surface area (Å²) in [6.07, 6.45) is 0.295. The molecule has 8 heteroatoms. The molecule has 1 aliphatic rings. The van der Waals surface area contributed by atoms with E-state index in [9.17, 15) is 10.1 Å². The third-order valence-corrected chi connectivity index (χ3v) is 6.05. The van der Waals surface area contributed by atoms with Crippen molar-refractivity contribution in [3.63, 3.8) is 0 Å². The van der Waals surface area contributed by atoms with E-state index in [1.54, 1.807) is 12.1 Å². The highest BCUT2D eigenvalue weighted by molar-refractivity contribution is 7.09. The average molecular weight is 433 g/mol. The first kappa shape index (κ1) is 21.6. The molecule has 1 amide bonds. The summed E-state index contributed by atoms with van der Waals surface area (Å²) < 4.78 is 5.71. The number of benzene rings is 1. The van der Waals surface area contributed by atoms with Crippen LogP contribution in [0.15, 0.2) is 29.6 Å². The lowest BCUT2D eigenvalue weighted by atomic mass is 10.0. The van der Waals surface area contributed by atoms with Crippen LogP contribution in [0.25, 0.3) is 0 Å². The predicted molar refractivity (Wildman–Crippen MR) is 114 cm³/mol. The molecule has 1 saturated heterocycles. The zero-order chi connectivity index (χ0) is 20.8. The molecule has 0 spiro atoms. The molecule has 1 fully saturated rings. The van der Waals surface area contributed by atoms with Crippen LogP contribution in [-0.4, -0.2) is 52.9 Å². The Morgan fingerprint density at radius 1 is 1.28 bits per heavy atom. The fraction of sp³-hybridized carbons (Fsp3) is 0.476. The van der Waals surface area contributed by atoms with Gasteiger partial charge in [-0.25, -0.2) is 4.98 Å². The van der Waals surface area contributed by atoms with Crippen LogP contribution in [0.2, 0.25) is 5.02 Å². The third-order valence-electron chi connectivity index (χ3n) is 4.93. The van der Waals surface area contributed by atoms with Crippen molar-refractivity contribution in [2.45, 2.75) is 32.9 Å². The number of hydrogen-bond acceptors (Lipinski definition) is 6. The number of halogens is 1. The first-order chi connectivity index (χ1) is 14.0. The van der Waals surface area contributed by atoms with Gasteiger partial charge in [-0.1, -0.05) is 25.4 Å². The molecule has 0 N–H and O–H groups in total. The number of aromatic nitrogens is 1. The minimum atomic E-state index is -0.0889. The van der Waals surface area contributed by atoms with Crippen molar-refractivity contribution in [1.29, 1.82) is 5.26 Å². The zero-order valence-electron chi connectivity index (χ0n) is 16.7. The largest absolute Gasteiger partial charge is 0.486 e. The van der Waals surface area contributed by atoms with Crippen LogP contribution in [0.1, 0.15) is 24.5 Å². The molecule has 2 heterocycles. The van der Waals surface area contributed by atoms with E-state index in [2.05, 4.69) is 29.8 Å². The quantitative estimate of drug-likeness (QED) is 0.668. The third kappa shape index (κ3) is 5.92. The van der Waals surface area contributed by atoms with Crippen LogP contribution < -0.4 is 4.74 Å². The molecule has 6 nitrogen and oxygen atoms in total. The lowest BCUT2D eigenvalue weighted by Gasteiger charge is -2.38. The molecule has 154 valence electrons. The summed E-state index contributed by atoms with van der Waals surface area (Å²) in [6.45, 7) is 7.26. The van der Waals surface area contributed by atoms with Crippen LogP contribution in [0, 0.1) is 17.2 Å². The van der Waals surface area contributed by atoms with Crippen LogP contribution in [0.4, 0.5) is 0 Å². The number of thiazole rings is 1. The SMILES string of the molecule is CC(C)C(C#N)N1CCN(C(=O)Cc2csc(COc3ccc(Cl)cc3)n2)CC1. The molecule has 1 aromatic heterocycles. The Bertz CT molecular complexity index is 854. The molecule has 0 aliphatic carbocycles. The Morgan fingerprint density at radius 2 is 1.97 bits per heavy atom. The van der Waals surface area contributed by atoms with Crippen molar-refractivity contribution >= 4 is 28.8 Å². The second-order valence-electron chi connectivity index (χ2n) is 7.39. The number of nitrogens with zero attached hydrogens (tertiary/aromatic N) is 4. The van der Waals surface area contributed by atoms with Crippen molar-refractivity contribution in [1.82, 2.24) is 14.8 Å². The summed E-state index contributed by atoms with van der Waals surface area (Å²) in [5.41, 5.74) is 0.772. The molecule has 1 unspecified atom stereocenters. The molecule has 3 rings (SSSR count). The summed E-state index contributed by atoms with van der Waals surface area (Å²) >= 11 is 7.36. The molecule has 1 aromatic carbocycles. The van der Waals surface area contributed by atoms with Gasteiger partial charge in [0.05, 0.1) is 18.2 Å². The maximum absolute atomic E-state index is 12.6. The number of amides is 1. The molecule has 1 aliphatic heterocycles. The van der Waals surface area contributed by atoms with Gasteiger partial charge in [-0.15, -0.1) is 11.3 Å². The van der Waals surface area contributed by atoms with Gasteiger partial charge < -0.3 is 9.64 Å². The van der Waals surface area contributed by atoms with E-state index in [4.69, 9.17) is 16.3 Å². The Morgan fingerprint density at radius 3 is 2.59 bits per heavy atom. The van der Waals surface area contributed by atoms with Gasteiger partial charge in [-0.05, 0) is 30.2 Å². The number of ether oxygens (including phenoxy) is 1. The van der Waals surface area contributed by atoms with Crippen LogP contribution in [-0.2, 0) is 17.8 Å². The molecule has 2 aromatic rings. The zero-order valence-corrected chi connectivity index (χ0v) is 18.2. The maximum atomic E-state index is 12.6. The van der Waals surface area contributed by atoms with Gasteiger partial charge in [0, 0.05) is 36.6 Å². The Hall–Kier alpha value is -2.14. The summed E-state index contributed by atoms with van der Waals surface area (Å²) in [4.78, 5) is 21.2. The number of nitriles is 1. The molecule has 0 saturated carbocycles. The number of carbonyl (C=O) groups is 1. The van der Waals surface area contributed by atoms with Crippen LogP contribution >= 0.6 is 22.9 Å². The van der Waals surface area contributed by atoms with Gasteiger partial charge in [-0.3, -0.25) is 9.69 Å². The second-order valence-corrected chi connectivity index (χ2v) is 8.77. The van der Waals surface area contributed by atoms with Crippen LogP contribution in [0.5, 0.6) is 5.75 Å². The van der Waals surface area contributed by atoms with Gasteiger partial charge in [0.1, 0.15) is 23.4 Å². The van der Waals surface area contributed by atoms with Crippen molar-refractivity contribution < 1.29 is 9.53 Å². The molecule has 0 bridgehead atoms. The normalized spacial score (nSPS) is 15.9. The lowest BCUT2D eigenvalue weighted by Crippen LogP contribution is -2.53. The molecular formula is C21H25ClN4O2S. The van der Waals surface area contributed by atoms with Gasteiger partial charge in [0.25, 0.3) is 0 Å². The molecule has 1 atom stereocenters. The standard InChI is InChI=1S/C21H25ClN4O2S/c1-15(2)19(12-23)25-7-9-26(10-8-25)21(27)11-17-14-29-20(24-17)13-28-18-5-3-16(22)4-6-18/h3-6,14-15,19H,7-11,13H2,1-2H3. The second kappa shape index (κ2) is 10.1. The first-order valence-electron chi connectivity index (χ1n) is 9.69. The van der Waals surface area contributed by atoms with Gasteiger partial charge in [-0.2, -0.15) is 5.26 Å². The number of carbonyl (C=O) groups excluding carboxylic acids is 1. The van der Waals surface area contributed by atoms with Crippen molar-refractivity contribution in [3.05, 3.63) is 45.4 Å². The fourth-order valence-corrected chi connectivity index (χ4v) is 4.17. The van der Waals surface area contributed by atoms with E-state index in [1.165, 1.54) is 11.3 Å². The molecular weight excluding hydrogens is 408 g/mol. The Balaban J connectivity index is 1.47. The predicted octanol–water partition coefficient (Wildman–Crippen LogP) is 3.61. The summed E-state index contributed by atoms with van der Waals surface area (Å²) in [6, 6.07) is 9.48. The number of rotatable bonds is 7. The monoisotopic (exact) mass is 432 g/mol. The summed E-state index contributed by atoms with van der Waals surface area (Å²) in [5, 5.41) is 12.8. The van der Waals surface area contributed by atoms with Crippen LogP contribution in [0.3, 0.4) is 0 Å². The van der Waals surface area contributed by atoms with E-state index in [1.807, 2.05) is 22.4 Å². The van der Waals surface area contributed by atoms with Gasteiger partial charge in [0.15, 0.2) is 0 Å². The highest BCUT2D eigenvalue weighted by Crippen LogP contribution is 2.19. The highest BCUT2D eigenvalue weighted by Gasteiger charge is 2.27. The average Bonchev–Trinajstić information content (AvgIpc) is 3.15. The van der Waals surface area contributed by atoms with Gasteiger partial charge in [0.2, 0.25) is 5.91 Å². The van der Waals surface area contributed by atoms with E-state index in [0.29, 0.717) is 31.1 Å². The number of hydrogen-bond donors (Lipinski definition) is 0. The summed E-state index contributed by atoms with van der Waals surface area (Å²) in [7, 11) is 0. The molecule has 0 radical (unpaired) electrons. The molecule has 29 heavy (non-hydrogen) atoms.